The average molecular weight is 387 g/mol. The number of carbonyl (C=O) groups excluding carboxylic acids is 1. The van der Waals surface area contributed by atoms with Crippen molar-refractivity contribution in [2.75, 3.05) is 19.4 Å². The minimum Gasteiger partial charge on any atom is -0.497 e. The number of nitrogens with zero attached hydrogens (tertiary/aromatic N) is 3. The van der Waals surface area contributed by atoms with Gasteiger partial charge in [0.25, 0.3) is 0 Å². The summed E-state index contributed by atoms with van der Waals surface area (Å²) in [6.45, 7) is 0.908. The van der Waals surface area contributed by atoms with Crippen LogP contribution in [0.1, 0.15) is 38.5 Å². The first-order chi connectivity index (χ1) is 13.2. The van der Waals surface area contributed by atoms with Crippen LogP contribution in [0.2, 0.25) is 0 Å². The van der Waals surface area contributed by atoms with Crippen LogP contribution in [0.15, 0.2) is 29.4 Å². The van der Waals surface area contributed by atoms with Gasteiger partial charge < -0.3 is 9.64 Å². The van der Waals surface area contributed by atoms with Crippen LogP contribution in [-0.4, -0.2) is 51.4 Å². The first kappa shape index (κ1) is 18.3. The number of likely N-dealkylation sites (tertiary alicyclic amines) is 1. The highest BCUT2D eigenvalue weighted by Gasteiger charge is 2.35. The molecule has 1 aliphatic heterocycles. The van der Waals surface area contributed by atoms with E-state index in [1.165, 1.54) is 43.9 Å². The molecule has 4 rings (SSSR count). The van der Waals surface area contributed by atoms with Crippen molar-refractivity contribution >= 4 is 17.7 Å². The van der Waals surface area contributed by atoms with Gasteiger partial charge in [0.1, 0.15) is 5.75 Å². The van der Waals surface area contributed by atoms with E-state index in [4.69, 9.17) is 4.74 Å². The molecule has 6 nitrogen and oxygen atoms in total. The van der Waals surface area contributed by atoms with Gasteiger partial charge in [-0.25, -0.2) is 4.98 Å². The summed E-state index contributed by atoms with van der Waals surface area (Å²) in [6.07, 6.45) is 7.46. The maximum atomic E-state index is 12.8. The highest BCUT2D eigenvalue weighted by Crippen LogP contribution is 2.35. The van der Waals surface area contributed by atoms with E-state index in [9.17, 15) is 4.79 Å². The van der Waals surface area contributed by atoms with Crippen molar-refractivity contribution in [1.29, 1.82) is 0 Å². The van der Waals surface area contributed by atoms with Gasteiger partial charge in [-0.1, -0.05) is 24.6 Å². The molecule has 0 unspecified atom stereocenters. The SMILES string of the molecule is COc1ccc(-c2nc(SCC(=O)N3CCC[C@H]4CCCC[C@@H]43)n[nH]2)cc1. The number of fused-ring (bicyclic) bond motifs is 1. The molecule has 1 saturated heterocycles. The van der Waals surface area contributed by atoms with Crippen molar-refractivity contribution in [3.05, 3.63) is 24.3 Å². The largest absolute Gasteiger partial charge is 0.497 e. The number of carbonyl (C=O) groups is 1. The maximum Gasteiger partial charge on any atom is 0.233 e. The van der Waals surface area contributed by atoms with Crippen molar-refractivity contribution in [2.45, 2.75) is 49.7 Å². The van der Waals surface area contributed by atoms with Gasteiger partial charge in [0.15, 0.2) is 5.82 Å². The number of methoxy groups -OCH3 is 1. The van der Waals surface area contributed by atoms with Gasteiger partial charge in [-0.3, -0.25) is 9.89 Å². The van der Waals surface area contributed by atoms with E-state index in [-0.39, 0.29) is 5.91 Å². The van der Waals surface area contributed by atoms with Gasteiger partial charge >= 0.3 is 0 Å². The number of piperidine rings is 1. The topological polar surface area (TPSA) is 71.1 Å². The molecule has 0 radical (unpaired) electrons. The highest BCUT2D eigenvalue weighted by atomic mass is 32.2. The van der Waals surface area contributed by atoms with Crippen LogP contribution >= 0.6 is 11.8 Å². The van der Waals surface area contributed by atoms with Crippen molar-refractivity contribution < 1.29 is 9.53 Å². The summed E-state index contributed by atoms with van der Waals surface area (Å²) in [5.41, 5.74) is 0.947. The molecule has 1 aromatic carbocycles. The fourth-order valence-corrected chi connectivity index (χ4v) is 5.02. The second-order valence-electron chi connectivity index (χ2n) is 7.33. The first-order valence-corrected chi connectivity index (χ1v) is 10.7. The van der Waals surface area contributed by atoms with Crippen LogP contribution in [0.25, 0.3) is 11.4 Å². The predicted octanol–water partition coefficient (Wildman–Crippen LogP) is 3.75. The minimum absolute atomic E-state index is 0.229. The van der Waals surface area contributed by atoms with Gasteiger partial charge in [0.2, 0.25) is 11.1 Å². The molecule has 2 fully saturated rings. The Labute approximate surface area is 164 Å². The molecule has 1 saturated carbocycles. The number of rotatable bonds is 5. The van der Waals surface area contributed by atoms with Crippen molar-refractivity contribution in [3.8, 4) is 17.1 Å². The number of aromatic nitrogens is 3. The number of hydrogen-bond donors (Lipinski definition) is 1. The Morgan fingerprint density at radius 2 is 2.00 bits per heavy atom. The lowest BCUT2D eigenvalue weighted by molar-refractivity contribution is -0.134. The quantitative estimate of drug-likeness (QED) is 0.793. The number of H-pyrrole nitrogens is 1. The molecular weight excluding hydrogens is 360 g/mol. The summed E-state index contributed by atoms with van der Waals surface area (Å²) in [6, 6.07) is 8.13. The summed E-state index contributed by atoms with van der Waals surface area (Å²) in [7, 11) is 1.65. The van der Waals surface area contributed by atoms with Crippen molar-refractivity contribution in [3.63, 3.8) is 0 Å². The summed E-state index contributed by atoms with van der Waals surface area (Å²) < 4.78 is 5.18. The lowest BCUT2D eigenvalue weighted by atomic mass is 9.78. The molecule has 1 N–H and O–H groups in total. The minimum atomic E-state index is 0.229. The number of hydrogen-bond acceptors (Lipinski definition) is 5. The monoisotopic (exact) mass is 386 g/mol. The summed E-state index contributed by atoms with van der Waals surface area (Å²) in [4.78, 5) is 19.5. The number of ether oxygens (including phenoxy) is 1. The summed E-state index contributed by atoms with van der Waals surface area (Å²) in [5.74, 6) is 2.86. The molecule has 2 heterocycles. The normalized spacial score (nSPS) is 22.3. The van der Waals surface area contributed by atoms with E-state index in [0.717, 1.165) is 24.3 Å². The molecule has 1 aromatic heterocycles. The number of aromatic amines is 1. The molecule has 0 bridgehead atoms. The zero-order valence-corrected chi connectivity index (χ0v) is 16.5. The fraction of sp³-hybridized carbons (Fsp3) is 0.550. The van der Waals surface area contributed by atoms with Gasteiger partial charge in [-0.05, 0) is 55.9 Å². The van der Waals surface area contributed by atoms with Gasteiger partial charge in [-0.15, -0.1) is 5.10 Å². The Hall–Kier alpha value is -2.02. The van der Waals surface area contributed by atoms with Crippen molar-refractivity contribution in [1.82, 2.24) is 20.1 Å². The molecule has 1 amide bonds. The first-order valence-electron chi connectivity index (χ1n) is 9.73. The Morgan fingerprint density at radius 1 is 1.22 bits per heavy atom. The fourth-order valence-electron chi connectivity index (χ4n) is 4.33. The van der Waals surface area contributed by atoms with Crippen LogP contribution in [0.5, 0.6) is 5.75 Å². The van der Waals surface area contributed by atoms with Gasteiger partial charge in [0, 0.05) is 18.2 Å². The molecule has 2 aliphatic rings. The molecule has 144 valence electrons. The van der Waals surface area contributed by atoms with Crippen LogP contribution in [-0.2, 0) is 4.79 Å². The van der Waals surface area contributed by atoms with Crippen LogP contribution in [0.4, 0.5) is 0 Å². The van der Waals surface area contributed by atoms with Crippen LogP contribution < -0.4 is 4.74 Å². The maximum absolute atomic E-state index is 12.8. The number of benzene rings is 1. The Bertz CT molecular complexity index is 775. The van der Waals surface area contributed by atoms with Crippen LogP contribution in [0.3, 0.4) is 0 Å². The molecule has 2 atom stereocenters. The van der Waals surface area contributed by atoms with E-state index in [1.807, 2.05) is 24.3 Å². The smallest absolute Gasteiger partial charge is 0.233 e. The van der Waals surface area contributed by atoms with E-state index < -0.39 is 0 Å². The van der Waals surface area contributed by atoms with E-state index in [1.54, 1.807) is 7.11 Å². The molecule has 0 spiro atoms. The van der Waals surface area contributed by atoms with E-state index >= 15 is 0 Å². The zero-order chi connectivity index (χ0) is 18.6. The number of thioether (sulfide) groups is 1. The Balaban J connectivity index is 1.35. The summed E-state index contributed by atoms with van der Waals surface area (Å²) >= 11 is 1.42. The zero-order valence-electron chi connectivity index (χ0n) is 15.7. The lowest BCUT2D eigenvalue weighted by Crippen LogP contribution is -2.50. The second-order valence-corrected chi connectivity index (χ2v) is 8.27. The molecule has 2 aromatic rings. The van der Waals surface area contributed by atoms with E-state index in [2.05, 4.69) is 20.1 Å². The predicted molar refractivity (Wildman–Crippen MR) is 106 cm³/mol. The molecule has 7 heteroatoms. The third-order valence-corrected chi connectivity index (χ3v) is 6.55. The van der Waals surface area contributed by atoms with Crippen molar-refractivity contribution in [2.24, 2.45) is 5.92 Å². The lowest BCUT2D eigenvalue weighted by Gasteiger charge is -2.44. The molecular formula is C20H26N4O2S. The Morgan fingerprint density at radius 3 is 2.81 bits per heavy atom. The second kappa shape index (κ2) is 8.33. The third-order valence-electron chi connectivity index (χ3n) is 5.72. The van der Waals surface area contributed by atoms with Gasteiger partial charge in [-0.2, -0.15) is 0 Å². The summed E-state index contributed by atoms with van der Waals surface area (Å²) in [5, 5.41) is 7.84. The van der Waals surface area contributed by atoms with Gasteiger partial charge in [0.05, 0.1) is 12.9 Å². The molecule has 1 aliphatic carbocycles. The average Bonchev–Trinajstić information content (AvgIpc) is 3.20. The van der Waals surface area contributed by atoms with E-state index in [0.29, 0.717) is 28.7 Å². The Kier molecular flexibility index (Phi) is 5.66. The molecule has 27 heavy (non-hydrogen) atoms. The number of nitrogens with one attached hydrogen (secondary N) is 1. The standard InChI is InChI=1S/C20H26N4O2S/c1-26-16-10-8-15(9-11-16)19-21-20(23-22-19)27-13-18(25)24-12-4-6-14-5-2-3-7-17(14)24/h8-11,14,17H,2-7,12-13H2,1H3,(H,21,22,23)/t14-,17+/m1/s1. The third kappa shape index (κ3) is 4.13. The highest BCUT2D eigenvalue weighted by molar-refractivity contribution is 7.99. The number of amides is 1. The van der Waals surface area contributed by atoms with Crippen LogP contribution in [0, 0.1) is 5.92 Å².